The third-order valence-electron chi connectivity index (χ3n) is 4.65. The molecule has 1 saturated heterocycles. The largest absolute Gasteiger partial charge is 0.444 e. The van der Waals surface area contributed by atoms with E-state index in [2.05, 4.69) is 21.0 Å². The topological polar surface area (TPSA) is 67.6 Å². The number of rotatable bonds is 3. The molecule has 1 amide bonds. The maximum absolute atomic E-state index is 12.1. The number of carbonyl (C=O) groups is 1. The van der Waals surface area contributed by atoms with Gasteiger partial charge >= 0.3 is 6.09 Å². The molecule has 142 valence electrons. The lowest BCUT2D eigenvalue weighted by atomic mass is 9.91. The van der Waals surface area contributed by atoms with E-state index in [0.717, 1.165) is 28.2 Å². The van der Waals surface area contributed by atoms with Crippen LogP contribution in [-0.4, -0.2) is 50.7 Å². The number of fused-ring (bicyclic) bond motifs is 1. The summed E-state index contributed by atoms with van der Waals surface area (Å²) in [6.07, 6.45) is 2.74. The van der Waals surface area contributed by atoms with Crippen LogP contribution in [0.25, 0.3) is 10.9 Å². The van der Waals surface area contributed by atoms with Crippen molar-refractivity contribution >= 4 is 32.9 Å². The van der Waals surface area contributed by atoms with Crippen molar-refractivity contribution in [2.24, 2.45) is 5.92 Å². The number of nitrogens with zero attached hydrogens (tertiary/aromatic N) is 3. The molecule has 2 aromatic rings. The minimum Gasteiger partial charge on any atom is -0.444 e. The van der Waals surface area contributed by atoms with Gasteiger partial charge < -0.3 is 14.7 Å². The summed E-state index contributed by atoms with van der Waals surface area (Å²) in [6, 6.07) is 5.89. The van der Waals surface area contributed by atoms with Crippen molar-refractivity contribution in [3.05, 3.63) is 28.9 Å². The molecule has 1 fully saturated rings. The second kappa shape index (κ2) is 7.56. The van der Waals surface area contributed by atoms with Crippen LogP contribution in [0.4, 0.5) is 4.79 Å². The maximum Gasteiger partial charge on any atom is 0.410 e. The van der Waals surface area contributed by atoms with Crippen LogP contribution >= 0.6 is 15.9 Å². The molecule has 2 heterocycles. The Balaban J connectivity index is 1.55. The first-order chi connectivity index (χ1) is 12.2. The summed E-state index contributed by atoms with van der Waals surface area (Å²) in [5.74, 6) is 0.157. The zero-order valence-corrected chi connectivity index (χ0v) is 17.1. The summed E-state index contributed by atoms with van der Waals surface area (Å²) in [6.45, 7) is 7.29. The van der Waals surface area contributed by atoms with Crippen molar-refractivity contribution < 1.29 is 14.6 Å². The molecular formula is C19H26BrN3O3. The van der Waals surface area contributed by atoms with Gasteiger partial charge in [0.2, 0.25) is 0 Å². The van der Waals surface area contributed by atoms with Crippen LogP contribution in [0.5, 0.6) is 0 Å². The van der Waals surface area contributed by atoms with Gasteiger partial charge in [-0.15, -0.1) is 0 Å². The van der Waals surface area contributed by atoms with Crippen LogP contribution in [0.15, 0.2) is 28.9 Å². The molecule has 0 spiro atoms. The third kappa shape index (κ3) is 4.57. The number of ether oxygens (including phenoxy) is 1. The van der Waals surface area contributed by atoms with Crippen LogP contribution < -0.4 is 0 Å². The van der Waals surface area contributed by atoms with E-state index in [0.29, 0.717) is 19.6 Å². The zero-order chi connectivity index (χ0) is 18.9. The van der Waals surface area contributed by atoms with E-state index in [9.17, 15) is 9.90 Å². The Morgan fingerprint density at radius 2 is 2.08 bits per heavy atom. The Labute approximate surface area is 162 Å². The molecule has 3 rings (SSSR count). The number of benzene rings is 1. The lowest BCUT2D eigenvalue weighted by Crippen LogP contribution is -2.44. The number of likely N-dealkylation sites (tertiary alicyclic amines) is 1. The highest BCUT2D eigenvalue weighted by Gasteiger charge is 2.30. The van der Waals surface area contributed by atoms with E-state index in [1.807, 2.05) is 45.2 Å². The quantitative estimate of drug-likeness (QED) is 0.814. The fourth-order valence-corrected chi connectivity index (χ4v) is 3.74. The summed E-state index contributed by atoms with van der Waals surface area (Å²) in [5, 5.41) is 16.2. The minimum absolute atomic E-state index is 0.157. The van der Waals surface area contributed by atoms with E-state index in [-0.39, 0.29) is 12.0 Å². The van der Waals surface area contributed by atoms with Gasteiger partial charge in [0.05, 0.1) is 18.2 Å². The van der Waals surface area contributed by atoms with Crippen LogP contribution in [0, 0.1) is 5.92 Å². The second-order valence-corrected chi connectivity index (χ2v) is 8.75. The first kappa shape index (κ1) is 19.2. The molecule has 1 N–H and O–H groups in total. The highest BCUT2D eigenvalue weighted by atomic mass is 79.9. The van der Waals surface area contributed by atoms with Crippen molar-refractivity contribution in [3.63, 3.8) is 0 Å². The van der Waals surface area contributed by atoms with Gasteiger partial charge in [0, 0.05) is 29.1 Å². The summed E-state index contributed by atoms with van der Waals surface area (Å²) < 4.78 is 8.23. The highest BCUT2D eigenvalue weighted by Crippen LogP contribution is 2.25. The molecule has 0 radical (unpaired) electrons. The van der Waals surface area contributed by atoms with Crippen LogP contribution in [0.1, 0.15) is 33.6 Å². The molecule has 1 aromatic carbocycles. The fraction of sp³-hybridized carbons (Fsp3) is 0.579. The predicted molar refractivity (Wildman–Crippen MR) is 104 cm³/mol. The van der Waals surface area contributed by atoms with Gasteiger partial charge in [0.25, 0.3) is 0 Å². The first-order valence-corrected chi connectivity index (χ1v) is 9.80. The van der Waals surface area contributed by atoms with Gasteiger partial charge in [-0.25, -0.2) is 4.79 Å². The van der Waals surface area contributed by atoms with E-state index in [4.69, 9.17) is 4.74 Å². The number of aliphatic hydroxyl groups excluding tert-OH is 1. The van der Waals surface area contributed by atoms with Crippen molar-refractivity contribution in [3.8, 4) is 0 Å². The zero-order valence-electron chi connectivity index (χ0n) is 15.5. The Kier molecular flexibility index (Phi) is 5.58. The summed E-state index contributed by atoms with van der Waals surface area (Å²) in [4.78, 5) is 13.9. The number of hydrogen-bond donors (Lipinski definition) is 1. The Morgan fingerprint density at radius 1 is 1.38 bits per heavy atom. The lowest BCUT2D eigenvalue weighted by molar-refractivity contribution is 0.00514. The smallest absolute Gasteiger partial charge is 0.410 e. The number of halogens is 1. The number of carbonyl (C=O) groups excluding carboxylic acids is 1. The Hall–Kier alpha value is -1.60. The van der Waals surface area contributed by atoms with Crippen molar-refractivity contribution in [2.75, 3.05) is 13.1 Å². The SMILES string of the molecule is CC(C)(C)OC(=O)N1CCC(C(O)Cn2cc3c(Br)cccc3n2)CC1. The highest BCUT2D eigenvalue weighted by molar-refractivity contribution is 9.10. The van der Waals surface area contributed by atoms with Gasteiger partial charge in [0.1, 0.15) is 5.60 Å². The number of aliphatic hydroxyl groups is 1. The molecule has 1 aliphatic rings. The summed E-state index contributed by atoms with van der Waals surface area (Å²) >= 11 is 3.53. The maximum atomic E-state index is 12.1. The molecular weight excluding hydrogens is 398 g/mol. The number of aromatic nitrogens is 2. The van der Waals surface area contributed by atoms with E-state index in [1.165, 1.54) is 0 Å². The standard InChI is InChI=1S/C19H26BrN3O3/c1-19(2,3)26-18(25)22-9-7-13(8-10-22)17(24)12-23-11-14-15(20)5-4-6-16(14)21-23/h4-6,11,13,17,24H,7-10,12H2,1-3H3. The average molecular weight is 424 g/mol. The lowest BCUT2D eigenvalue weighted by Gasteiger charge is -2.35. The average Bonchev–Trinajstić information content (AvgIpc) is 2.97. The molecule has 6 nitrogen and oxygen atoms in total. The van der Waals surface area contributed by atoms with Gasteiger partial charge in [-0.3, -0.25) is 4.68 Å². The normalized spacial score (nSPS) is 17.5. The van der Waals surface area contributed by atoms with E-state index >= 15 is 0 Å². The molecule has 0 saturated carbocycles. The van der Waals surface area contributed by atoms with Crippen LogP contribution in [0.2, 0.25) is 0 Å². The van der Waals surface area contributed by atoms with Crippen molar-refractivity contribution in [2.45, 2.75) is 51.9 Å². The number of amides is 1. The second-order valence-electron chi connectivity index (χ2n) is 7.90. The molecule has 7 heteroatoms. The third-order valence-corrected chi connectivity index (χ3v) is 5.35. The molecule has 26 heavy (non-hydrogen) atoms. The Morgan fingerprint density at radius 3 is 2.69 bits per heavy atom. The van der Waals surface area contributed by atoms with E-state index in [1.54, 1.807) is 9.58 Å². The van der Waals surface area contributed by atoms with Gasteiger partial charge in [0.15, 0.2) is 0 Å². The van der Waals surface area contributed by atoms with Crippen LogP contribution in [-0.2, 0) is 11.3 Å². The summed E-state index contributed by atoms with van der Waals surface area (Å²) in [5.41, 5.74) is 0.426. The number of hydrogen-bond acceptors (Lipinski definition) is 4. The molecule has 1 atom stereocenters. The van der Waals surface area contributed by atoms with Crippen molar-refractivity contribution in [1.82, 2.24) is 14.7 Å². The predicted octanol–water partition coefficient (Wildman–Crippen LogP) is 3.81. The van der Waals surface area contributed by atoms with Gasteiger partial charge in [-0.05, 0) is 51.7 Å². The number of piperidine rings is 1. The van der Waals surface area contributed by atoms with Gasteiger partial charge in [-0.1, -0.05) is 22.0 Å². The fourth-order valence-electron chi connectivity index (χ4n) is 3.28. The van der Waals surface area contributed by atoms with Gasteiger partial charge in [-0.2, -0.15) is 5.10 Å². The van der Waals surface area contributed by atoms with Crippen molar-refractivity contribution in [1.29, 1.82) is 0 Å². The molecule has 1 aromatic heterocycles. The summed E-state index contributed by atoms with van der Waals surface area (Å²) in [7, 11) is 0. The molecule has 1 unspecified atom stereocenters. The van der Waals surface area contributed by atoms with Crippen LogP contribution in [0.3, 0.4) is 0 Å². The minimum atomic E-state index is -0.483. The molecule has 1 aliphatic heterocycles. The first-order valence-electron chi connectivity index (χ1n) is 9.00. The Bertz CT molecular complexity index is 776. The molecule has 0 bridgehead atoms. The monoisotopic (exact) mass is 423 g/mol. The molecule has 0 aliphatic carbocycles. The van der Waals surface area contributed by atoms with E-state index < -0.39 is 11.7 Å².